The smallest absolute Gasteiger partial charge is 0.328 e. The fourth-order valence-electron chi connectivity index (χ4n) is 3.80. The number of carbonyl (C=O) groups is 1. The number of hydrogen-bond acceptors (Lipinski definition) is 5. The highest BCUT2D eigenvalue weighted by atomic mass is 16.2. The minimum atomic E-state index is -0.487. The Morgan fingerprint density at radius 1 is 0.903 bits per heavy atom. The van der Waals surface area contributed by atoms with Crippen molar-refractivity contribution in [3.05, 3.63) is 75.8 Å². The molecule has 1 saturated heterocycles. The van der Waals surface area contributed by atoms with Gasteiger partial charge in [-0.1, -0.05) is 30.3 Å². The molecule has 0 spiro atoms. The van der Waals surface area contributed by atoms with Crippen molar-refractivity contribution >= 4 is 5.91 Å². The van der Waals surface area contributed by atoms with Crippen LogP contribution in [-0.4, -0.2) is 67.5 Å². The monoisotopic (exact) mass is 422 g/mol. The molecule has 1 fully saturated rings. The molecule has 1 N–H and O–H groups in total. The molecule has 9 nitrogen and oxygen atoms in total. The Kier molecular flexibility index (Phi) is 6.42. The Labute approximate surface area is 179 Å². The van der Waals surface area contributed by atoms with Gasteiger partial charge in [-0.25, -0.2) is 9.78 Å². The van der Waals surface area contributed by atoms with Gasteiger partial charge in [0.15, 0.2) is 0 Å². The van der Waals surface area contributed by atoms with Gasteiger partial charge in [0.25, 0.3) is 5.56 Å². The second-order valence-corrected chi connectivity index (χ2v) is 7.59. The summed E-state index contributed by atoms with van der Waals surface area (Å²) in [6.07, 6.45) is 5.49. The van der Waals surface area contributed by atoms with E-state index < -0.39 is 11.2 Å². The maximum absolute atomic E-state index is 12.5. The van der Waals surface area contributed by atoms with E-state index in [1.54, 1.807) is 0 Å². The van der Waals surface area contributed by atoms with Gasteiger partial charge in [-0.05, 0) is 0 Å². The first-order chi connectivity index (χ1) is 15.1. The zero-order valence-corrected chi connectivity index (χ0v) is 17.3. The number of carbonyl (C=O) groups excluding carboxylic acids is 1. The molecular formula is C22H26N6O3. The Morgan fingerprint density at radius 3 is 2.42 bits per heavy atom. The number of aryl methyl sites for hydroxylation is 1. The van der Waals surface area contributed by atoms with Crippen LogP contribution >= 0.6 is 0 Å². The van der Waals surface area contributed by atoms with Gasteiger partial charge in [-0.3, -0.25) is 19.5 Å². The van der Waals surface area contributed by atoms with Crippen molar-refractivity contribution in [3.63, 3.8) is 0 Å². The lowest BCUT2D eigenvalue weighted by atomic mass is 10.2. The SMILES string of the molecule is O=C(CCn1ccc(=O)[nH]c1=O)N1CCN(CCn2ccnc2-c2ccccc2)CC1. The molecule has 31 heavy (non-hydrogen) atoms. The van der Waals surface area contributed by atoms with Crippen LogP contribution in [0.5, 0.6) is 0 Å². The van der Waals surface area contributed by atoms with Crippen LogP contribution in [-0.2, 0) is 17.9 Å². The minimum absolute atomic E-state index is 0.0266. The largest absolute Gasteiger partial charge is 0.340 e. The number of piperazine rings is 1. The summed E-state index contributed by atoms with van der Waals surface area (Å²) in [5, 5.41) is 0. The first-order valence-corrected chi connectivity index (χ1v) is 10.5. The molecule has 0 atom stereocenters. The zero-order valence-electron chi connectivity index (χ0n) is 17.3. The van der Waals surface area contributed by atoms with Crippen LogP contribution in [0.4, 0.5) is 0 Å². The summed E-state index contributed by atoms with van der Waals surface area (Å²) in [4.78, 5) is 46.3. The normalized spacial score (nSPS) is 14.6. The number of nitrogens with zero attached hydrogens (tertiary/aromatic N) is 5. The predicted molar refractivity (Wildman–Crippen MR) is 117 cm³/mol. The topological polar surface area (TPSA) is 96.2 Å². The summed E-state index contributed by atoms with van der Waals surface area (Å²) in [7, 11) is 0. The summed E-state index contributed by atoms with van der Waals surface area (Å²) in [6, 6.07) is 11.4. The van der Waals surface area contributed by atoms with Crippen molar-refractivity contribution in [2.45, 2.75) is 19.5 Å². The average Bonchev–Trinajstić information content (AvgIpc) is 3.26. The number of amides is 1. The standard InChI is InChI=1S/C22H26N6O3/c29-19-6-9-28(22(31)24-19)10-7-20(30)26-15-12-25(13-16-26)14-17-27-11-8-23-21(27)18-4-2-1-3-5-18/h1-6,8-9,11H,7,10,12-17H2,(H,24,29,31). The molecular weight excluding hydrogens is 396 g/mol. The molecule has 9 heteroatoms. The number of imidazole rings is 1. The Morgan fingerprint density at radius 2 is 1.68 bits per heavy atom. The van der Waals surface area contributed by atoms with E-state index in [-0.39, 0.29) is 18.9 Å². The van der Waals surface area contributed by atoms with Gasteiger partial charge in [0.1, 0.15) is 5.82 Å². The van der Waals surface area contributed by atoms with E-state index in [4.69, 9.17) is 0 Å². The molecule has 3 aromatic rings. The molecule has 4 rings (SSSR count). The summed E-state index contributed by atoms with van der Waals surface area (Å²) >= 11 is 0. The lowest BCUT2D eigenvalue weighted by molar-refractivity contribution is -0.133. The summed E-state index contributed by atoms with van der Waals surface area (Å²) in [6.45, 7) is 4.99. The van der Waals surface area contributed by atoms with Crippen LogP contribution in [0.1, 0.15) is 6.42 Å². The van der Waals surface area contributed by atoms with E-state index in [2.05, 4.69) is 31.6 Å². The van der Waals surface area contributed by atoms with Gasteiger partial charge in [-0.15, -0.1) is 0 Å². The number of nitrogens with one attached hydrogen (secondary N) is 1. The fraction of sp³-hybridized carbons (Fsp3) is 0.364. The lowest BCUT2D eigenvalue weighted by Gasteiger charge is -2.35. The van der Waals surface area contributed by atoms with Gasteiger partial charge in [0.2, 0.25) is 5.91 Å². The van der Waals surface area contributed by atoms with Crippen molar-refractivity contribution < 1.29 is 4.79 Å². The van der Waals surface area contributed by atoms with Gasteiger partial charge in [0, 0.05) is 82.5 Å². The second kappa shape index (κ2) is 9.57. The van der Waals surface area contributed by atoms with E-state index in [1.165, 1.54) is 16.8 Å². The number of benzene rings is 1. The van der Waals surface area contributed by atoms with Crippen LogP contribution in [0.25, 0.3) is 11.4 Å². The predicted octanol–water partition coefficient (Wildman–Crippen LogP) is 0.635. The van der Waals surface area contributed by atoms with Gasteiger partial charge in [0.05, 0.1) is 0 Å². The molecule has 0 unspecified atom stereocenters. The molecule has 162 valence electrons. The third-order valence-electron chi connectivity index (χ3n) is 5.59. The Bertz CT molecular complexity index is 1130. The molecule has 1 aromatic carbocycles. The fourth-order valence-corrected chi connectivity index (χ4v) is 3.80. The number of aromatic nitrogens is 4. The van der Waals surface area contributed by atoms with Gasteiger partial charge in [-0.2, -0.15) is 0 Å². The lowest BCUT2D eigenvalue weighted by Crippen LogP contribution is -2.49. The molecule has 0 bridgehead atoms. The summed E-state index contributed by atoms with van der Waals surface area (Å²) in [5.74, 6) is 0.991. The third-order valence-corrected chi connectivity index (χ3v) is 5.59. The van der Waals surface area contributed by atoms with Gasteiger partial charge < -0.3 is 14.0 Å². The summed E-state index contributed by atoms with van der Waals surface area (Å²) in [5.41, 5.74) is 0.180. The van der Waals surface area contributed by atoms with Crippen molar-refractivity contribution in [2.75, 3.05) is 32.7 Å². The van der Waals surface area contributed by atoms with Gasteiger partial charge >= 0.3 is 5.69 Å². The summed E-state index contributed by atoms with van der Waals surface area (Å²) < 4.78 is 3.51. The Hall–Kier alpha value is -3.46. The van der Waals surface area contributed by atoms with E-state index in [0.717, 1.165) is 37.6 Å². The Balaban J connectivity index is 1.24. The van der Waals surface area contributed by atoms with E-state index in [1.807, 2.05) is 35.5 Å². The number of aromatic amines is 1. The molecule has 1 aliphatic rings. The van der Waals surface area contributed by atoms with Crippen LogP contribution in [0.3, 0.4) is 0 Å². The third kappa shape index (κ3) is 5.18. The molecule has 0 radical (unpaired) electrons. The highest BCUT2D eigenvalue weighted by Gasteiger charge is 2.21. The number of hydrogen-bond donors (Lipinski definition) is 1. The van der Waals surface area contributed by atoms with Crippen LogP contribution in [0.2, 0.25) is 0 Å². The van der Waals surface area contributed by atoms with E-state index >= 15 is 0 Å². The van der Waals surface area contributed by atoms with Crippen molar-refractivity contribution in [2.24, 2.45) is 0 Å². The second-order valence-electron chi connectivity index (χ2n) is 7.59. The molecule has 1 aliphatic heterocycles. The van der Waals surface area contributed by atoms with E-state index in [9.17, 15) is 14.4 Å². The molecule has 0 saturated carbocycles. The first-order valence-electron chi connectivity index (χ1n) is 10.5. The highest BCUT2D eigenvalue weighted by molar-refractivity contribution is 5.76. The average molecular weight is 422 g/mol. The van der Waals surface area contributed by atoms with Crippen LogP contribution in [0.15, 0.2) is 64.6 Å². The van der Waals surface area contributed by atoms with Crippen LogP contribution < -0.4 is 11.2 Å². The molecule has 0 aliphatic carbocycles. The quantitative estimate of drug-likeness (QED) is 0.603. The molecule has 2 aromatic heterocycles. The maximum Gasteiger partial charge on any atom is 0.328 e. The molecule has 3 heterocycles. The minimum Gasteiger partial charge on any atom is -0.340 e. The number of rotatable bonds is 7. The van der Waals surface area contributed by atoms with Crippen molar-refractivity contribution in [3.8, 4) is 11.4 Å². The number of H-pyrrole nitrogens is 1. The van der Waals surface area contributed by atoms with Crippen molar-refractivity contribution in [1.29, 1.82) is 0 Å². The van der Waals surface area contributed by atoms with Crippen molar-refractivity contribution in [1.82, 2.24) is 28.9 Å². The maximum atomic E-state index is 12.5. The van der Waals surface area contributed by atoms with E-state index in [0.29, 0.717) is 13.1 Å². The molecule has 1 amide bonds. The highest BCUT2D eigenvalue weighted by Crippen LogP contribution is 2.16. The first kappa shape index (κ1) is 20.8. The zero-order chi connectivity index (χ0) is 21.6. The van der Waals surface area contributed by atoms with Crippen LogP contribution in [0, 0.1) is 0 Å².